The second-order valence-electron chi connectivity index (χ2n) is 5.59. The first-order chi connectivity index (χ1) is 12.8. The Morgan fingerprint density at radius 1 is 1.07 bits per heavy atom. The smallest absolute Gasteiger partial charge is 0.412 e. The first-order valence-electron chi connectivity index (χ1n) is 7.76. The van der Waals surface area contributed by atoms with Gasteiger partial charge in [-0.05, 0) is 30.3 Å². The molecule has 2 heterocycles. The van der Waals surface area contributed by atoms with Gasteiger partial charge in [-0.25, -0.2) is 18.2 Å². The van der Waals surface area contributed by atoms with Crippen LogP contribution < -0.4 is 10.6 Å². The predicted octanol–water partition coefficient (Wildman–Crippen LogP) is 2.30. The number of pyridine rings is 1. The van der Waals surface area contributed by atoms with Gasteiger partial charge in [0.05, 0.1) is 23.1 Å². The first kappa shape index (κ1) is 18.4. The van der Waals surface area contributed by atoms with E-state index in [0.717, 1.165) is 0 Å². The van der Waals surface area contributed by atoms with E-state index >= 15 is 0 Å². The zero-order valence-corrected chi connectivity index (χ0v) is 15.3. The Balaban J connectivity index is 1.98. The van der Waals surface area contributed by atoms with Crippen molar-refractivity contribution in [3.63, 3.8) is 0 Å². The Morgan fingerprint density at radius 2 is 1.85 bits per heavy atom. The van der Waals surface area contributed by atoms with E-state index in [2.05, 4.69) is 20.4 Å². The number of amides is 2. The quantitative estimate of drug-likeness (QED) is 0.708. The summed E-state index contributed by atoms with van der Waals surface area (Å²) in [6.07, 6.45) is 2.19. The van der Waals surface area contributed by atoms with Gasteiger partial charge in [0.2, 0.25) is 15.7 Å². The zero-order chi connectivity index (χ0) is 19.6. The number of fused-ring (bicyclic) bond motifs is 1. The lowest BCUT2D eigenvalue weighted by Crippen LogP contribution is -2.10. The molecule has 1 aromatic carbocycles. The van der Waals surface area contributed by atoms with Gasteiger partial charge in [-0.1, -0.05) is 6.07 Å². The van der Waals surface area contributed by atoms with Crippen molar-refractivity contribution in [3.05, 3.63) is 48.8 Å². The minimum Gasteiger partial charge on any atom is -0.453 e. The molecule has 2 N–H and O–H groups in total. The zero-order valence-electron chi connectivity index (χ0n) is 14.5. The van der Waals surface area contributed by atoms with Crippen molar-refractivity contribution in [2.45, 2.75) is 16.7 Å². The van der Waals surface area contributed by atoms with Crippen LogP contribution in [0.2, 0.25) is 0 Å². The van der Waals surface area contributed by atoms with Gasteiger partial charge in [-0.3, -0.25) is 10.1 Å². The number of anilines is 2. The van der Waals surface area contributed by atoms with E-state index in [1.165, 1.54) is 55.1 Å². The monoisotopic (exact) mass is 388 g/mol. The van der Waals surface area contributed by atoms with E-state index in [0.29, 0.717) is 11.3 Å². The molecule has 2 amide bonds. The molecule has 3 aromatic rings. The van der Waals surface area contributed by atoms with Crippen LogP contribution in [-0.4, -0.2) is 36.9 Å². The fourth-order valence-corrected chi connectivity index (χ4v) is 3.74. The van der Waals surface area contributed by atoms with Crippen molar-refractivity contribution < 1.29 is 22.7 Å². The summed E-state index contributed by atoms with van der Waals surface area (Å²) in [5.74, 6) is -0.0703. The molecule has 0 aliphatic carbocycles. The van der Waals surface area contributed by atoms with Crippen molar-refractivity contribution in [1.29, 1.82) is 0 Å². The summed E-state index contributed by atoms with van der Waals surface area (Å²) >= 11 is 0. The molecule has 0 aliphatic heterocycles. The molecule has 9 nitrogen and oxygen atoms in total. The summed E-state index contributed by atoms with van der Waals surface area (Å²) in [6, 6.07) is 8.93. The maximum Gasteiger partial charge on any atom is 0.412 e. The summed E-state index contributed by atoms with van der Waals surface area (Å²) in [4.78, 5) is 26.7. The number of aromatic nitrogens is 2. The molecular formula is C17H16N4O5S. The molecule has 0 fully saturated rings. The van der Waals surface area contributed by atoms with Crippen molar-refractivity contribution >= 4 is 39.0 Å². The number of benzene rings is 1. The third kappa shape index (κ3) is 3.90. The molecule has 10 heteroatoms. The number of hydrogen-bond donors (Lipinski definition) is 2. The maximum atomic E-state index is 12.9. The molecule has 0 bridgehead atoms. The third-order valence-corrected chi connectivity index (χ3v) is 5.35. The van der Waals surface area contributed by atoms with Crippen LogP contribution in [-0.2, 0) is 19.4 Å². The fourth-order valence-electron chi connectivity index (χ4n) is 2.43. The molecule has 27 heavy (non-hydrogen) atoms. The number of nitrogens with one attached hydrogen (secondary N) is 2. The normalized spacial score (nSPS) is 11.2. The second-order valence-corrected chi connectivity index (χ2v) is 7.54. The molecular weight excluding hydrogens is 372 g/mol. The van der Waals surface area contributed by atoms with Gasteiger partial charge in [0.25, 0.3) is 0 Å². The van der Waals surface area contributed by atoms with Gasteiger partial charge < -0.3 is 14.5 Å². The van der Waals surface area contributed by atoms with Crippen LogP contribution in [0.1, 0.15) is 6.92 Å². The van der Waals surface area contributed by atoms with Gasteiger partial charge in [-0.2, -0.15) is 0 Å². The minimum absolute atomic E-state index is 0.0389. The summed E-state index contributed by atoms with van der Waals surface area (Å²) in [7, 11) is -2.59. The van der Waals surface area contributed by atoms with Crippen LogP contribution in [0.25, 0.3) is 5.65 Å². The Bertz CT molecular complexity index is 1140. The van der Waals surface area contributed by atoms with E-state index in [-0.39, 0.29) is 21.5 Å². The number of sulfone groups is 1. The summed E-state index contributed by atoms with van der Waals surface area (Å²) in [5, 5.41) is 4.97. The molecule has 3 rings (SSSR count). The number of hydrogen-bond acceptors (Lipinski definition) is 6. The summed E-state index contributed by atoms with van der Waals surface area (Å²) in [5.41, 5.74) is 0.837. The molecule has 0 atom stereocenters. The van der Waals surface area contributed by atoms with Gasteiger partial charge in [0, 0.05) is 18.8 Å². The minimum atomic E-state index is -3.82. The predicted molar refractivity (Wildman–Crippen MR) is 97.4 cm³/mol. The van der Waals surface area contributed by atoms with Gasteiger partial charge in [0.15, 0.2) is 5.82 Å². The Kier molecular flexibility index (Phi) is 4.82. The largest absolute Gasteiger partial charge is 0.453 e. The molecule has 0 aliphatic rings. The first-order valence-corrected chi connectivity index (χ1v) is 9.24. The number of carbonyl (C=O) groups is 2. The highest BCUT2D eigenvalue weighted by Crippen LogP contribution is 2.24. The lowest BCUT2D eigenvalue weighted by atomic mass is 10.3. The summed E-state index contributed by atoms with van der Waals surface area (Å²) in [6.45, 7) is 1.34. The number of nitrogens with zero attached hydrogens (tertiary/aromatic N) is 2. The Labute approximate surface area is 154 Å². The number of ether oxygens (including phenoxy) is 1. The standard InChI is InChI=1S/C17H16N4O5S/c1-11(22)18-12-4-3-5-13(8-12)27(24,25)14-6-7-16-19-15(10-21(16)9-14)20-17(23)26-2/h3-10H,1-2H3,(H,18,22)(H,20,23). The van der Waals surface area contributed by atoms with E-state index in [1.54, 1.807) is 12.1 Å². The van der Waals surface area contributed by atoms with Crippen molar-refractivity contribution in [2.75, 3.05) is 17.7 Å². The Hall–Kier alpha value is -3.40. The number of methoxy groups -OCH3 is 1. The lowest BCUT2D eigenvalue weighted by molar-refractivity contribution is -0.114. The molecule has 0 spiro atoms. The van der Waals surface area contributed by atoms with Crippen LogP contribution in [0.5, 0.6) is 0 Å². The van der Waals surface area contributed by atoms with Crippen LogP contribution >= 0.6 is 0 Å². The van der Waals surface area contributed by atoms with E-state index < -0.39 is 15.9 Å². The van der Waals surface area contributed by atoms with Gasteiger partial charge in [-0.15, -0.1) is 0 Å². The van der Waals surface area contributed by atoms with Crippen LogP contribution in [0.4, 0.5) is 16.3 Å². The van der Waals surface area contributed by atoms with E-state index in [1.807, 2.05) is 0 Å². The van der Waals surface area contributed by atoms with Crippen LogP contribution in [0.15, 0.2) is 58.6 Å². The highest BCUT2D eigenvalue weighted by molar-refractivity contribution is 7.91. The Morgan fingerprint density at radius 3 is 2.56 bits per heavy atom. The highest BCUT2D eigenvalue weighted by Gasteiger charge is 2.19. The van der Waals surface area contributed by atoms with Crippen LogP contribution in [0.3, 0.4) is 0 Å². The van der Waals surface area contributed by atoms with Gasteiger partial charge >= 0.3 is 6.09 Å². The third-order valence-electron chi connectivity index (χ3n) is 3.61. The average Bonchev–Trinajstić information content (AvgIpc) is 3.02. The highest BCUT2D eigenvalue weighted by atomic mass is 32.2. The molecule has 0 saturated heterocycles. The maximum absolute atomic E-state index is 12.9. The SMILES string of the molecule is COC(=O)Nc1cn2cc(S(=O)(=O)c3cccc(NC(C)=O)c3)ccc2n1. The van der Waals surface area contributed by atoms with Crippen molar-refractivity contribution in [1.82, 2.24) is 9.38 Å². The molecule has 0 saturated carbocycles. The van der Waals surface area contributed by atoms with Crippen molar-refractivity contribution in [3.8, 4) is 0 Å². The topological polar surface area (TPSA) is 119 Å². The molecule has 0 unspecified atom stereocenters. The average molecular weight is 388 g/mol. The number of carbonyl (C=O) groups excluding carboxylic acids is 2. The second kappa shape index (κ2) is 7.08. The van der Waals surface area contributed by atoms with E-state index in [9.17, 15) is 18.0 Å². The lowest BCUT2D eigenvalue weighted by Gasteiger charge is -2.08. The number of rotatable bonds is 4. The fraction of sp³-hybridized carbons (Fsp3) is 0.118. The molecule has 0 radical (unpaired) electrons. The number of imidazole rings is 1. The van der Waals surface area contributed by atoms with Crippen molar-refractivity contribution in [2.24, 2.45) is 0 Å². The van der Waals surface area contributed by atoms with Gasteiger partial charge in [0.1, 0.15) is 5.65 Å². The molecule has 2 aromatic heterocycles. The molecule has 140 valence electrons. The van der Waals surface area contributed by atoms with Crippen LogP contribution in [0, 0.1) is 0 Å². The van der Waals surface area contributed by atoms with E-state index in [4.69, 9.17) is 0 Å². The summed E-state index contributed by atoms with van der Waals surface area (Å²) < 4.78 is 31.8.